The zero-order valence-corrected chi connectivity index (χ0v) is 23.3. The van der Waals surface area contributed by atoms with Gasteiger partial charge in [-0.2, -0.15) is 0 Å². The number of nitrogens with one attached hydrogen (secondary N) is 1. The molecule has 198 valence electrons. The summed E-state index contributed by atoms with van der Waals surface area (Å²) in [5.74, 6) is -0.0184. The van der Waals surface area contributed by atoms with Gasteiger partial charge in [-0.05, 0) is 73.4 Å². The summed E-state index contributed by atoms with van der Waals surface area (Å²) in [5, 5.41) is 13.2. The highest BCUT2D eigenvalue weighted by atomic mass is 16.5. The Hall–Kier alpha value is -2.86. The maximum atomic E-state index is 12.6. The van der Waals surface area contributed by atoms with Gasteiger partial charge >= 0.3 is 5.97 Å². The average molecular weight is 498 g/mol. The number of benzene rings is 2. The van der Waals surface area contributed by atoms with Crippen LogP contribution in [0.5, 0.6) is 5.75 Å². The summed E-state index contributed by atoms with van der Waals surface area (Å²) in [6.07, 6.45) is 0.844. The van der Waals surface area contributed by atoms with Gasteiger partial charge in [0.25, 0.3) is 5.91 Å². The number of aliphatic hydroxyl groups is 1. The summed E-state index contributed by atoms with van der Waals surface area (Å²) in [6.45, 7) is 16.0. The third-order valence-electron chi connectivity index (χ3n) is 7.22. The summed E-state index contributed by atoms with van der Waals surface area (Å²) in [4.78, 5) is 24.0. The van der Waals surface area contributed by atoms with E-state index in [0.29, 0.717) is 5.56 Å². The van der Waals surface area contributed by atoms with Crippen LogP contribution in [0.4, 0.5) is 0 Å². The average Bonchev–Trinajstić information content (AvgIpc) is 2.83. The highest BCUT2D eigenvalue weighted by molar-refractivity contribution is 5.97. The largest absolute Gasteiger partial charge is 0.488 e. The van der Waals surface area contributed by atoms with Crippen LogP contribution in [0.25, 0.3) is 0 Å². The number of ether oxygens (including phenoxy) is 2. The molecule has 0 saturated carbocycles. The van der Waals surface area contributed by atoms with Crippen molar-refractivity contribution >= 4 is 11.9 Å². The van der Waals surface area contributed by atoms with Crippen LogP contribution >= 0.6 is 0 Å². The third-order valence-corrected chi connectivity index (χ3v) is 7.22. The monoisotopic (exact) mass is 497 g/mol. The highest BCUT2D eigenvalue weighted by Gasteiger charge is 2.33. The van der Waals surface area contributed by atoms with E-state index in [2.05, 4.69) is 42.1 Å². The van der Waals surface area contributed by atoms with Gasteiger partial charge in [-0.25, -0.2) is 0 Å². The summed E-state index contributed by atoms with van der Waals surface area (Å²) in [7, 11) is 1.29. The van der Waals surface area contributed by atoms with Gasteiger partial charge in [-0.1, -0.05) is 58.9 Å². The fourth-order valence-electron chi connectivity index (χ4n) is 4.82. The molecule has 0 aromatic heterocycles. The van der Waals surface area contributed by atoms with Crippen molar-refractivity contribution in [3.63, 3.8) is 0 Å². The Morgan fingerprint density at radius 2 is 1.53 bits per heavy atom. The van der Waals surface area contributed by atoms with Crippen LogP contribution in [0.1, 0.15) is 87.0 Å². The van der Waals surface area contributed by atoms with Crippen molar-refractivity contribution in [1.29, 1.82) is 0 Å². The fraction of sp³-hybridized carbons (Fsp3) is 0.533. The van der Waals surface area contributed by atoms with E-state index in [4.69, 9.17) is 4.74 Å². The molecule has 0 aliphatic rings. The van der Waals surface area contributed by atoms with E-state index in [1.165, 1.54) is 12.7 Å². The molecule has 2 N–H and O–H groups in total. The van der Waals surface area contributed by atoms with Crippen molar-refractivity contribution in [1.82, 2.24) is 5.32 Å². The fourth-order valence-corrected chi connectivity index (χ4v) is 4.82. The number of methoxy groups -OCH3 is 1. The second-order valence-electron chi connectivity index (χ2n) is 10.7. The molecule has 0 heterocycles. The lowest BCUT2D eigenvalue weighted by Gasteiger charge is -2.35. The van der Waals surface area contributed by atoms with Gasteiger partial charge in [0.2, 0.25) is 0 Å². The molecule has 2 unspecified atom stereocenters. The van der Waals surface area contributed by atoms with Gasteiger partial charge in [0.1, 0.15) is 18.4 Å². The summed E-state index contributed by atoms with van der Waals surface area (Å²) < 4.78 is 10.8. The molecule has 2 aromatic carbocycles. The molecule has 0 saturated heterocycles. The summed E-state index contributed by atoms with van der Waals surface area (Å²) in [5.41, 5.74) is 4.22. The minimum atomic E-state index is -0.590. The van der Waals surface area contributed by atoms with E-state index in [1.807, 2.05) is 59.7 Å². The predicted molar refractivity (Wildman–Crippen MR) is 144 cm³/mol. The van der Waals surface area contributed by atoms with E-state index in [9.17, 15) is 14.7 Å². The van der Waals surface area contributed by atoms with Crippen molar-refractivity contribution in [2.24, 2.45) is 5.41 Å². The lowest BCUT2D eigenvalue weighted by Crippen LogP contribution is -2.39. The van der Waals surface area contributed by atoms with Gasteiger partial charge in [0.15, 0.2) is 0 Å². The van der Waals surface area contributed by atoms with Gasteiger partial charge < -0.3 is 19.9 Å². The van der Waals surface area contributed by atoms with Crippen molar-refractivity contribution in [2.75, 3.05) is 13.7 Å². The van der Waals surface area contributed by atoms with Crippen LogP contribution in [-0.4, -0.2) is 42.8 Å². The van der Waals surface area contributed by atoms with Gasteiger partial charge in [-0.3, -0.25) is 9.59 Å². The maximum absolute atomic E-state index is 12.6. The van der Waals surface area contributed by atoms with Crippen molar-refractivity contribution in [2.45, 2.75) is 85.9 Å². The zero-order chi connectivity index (χ0) is 27.3. The molecular weight excluding hydrogens is 454 g/mol. The number of amides is 1. The highest BCUT2D eigenvalue weighted by Crippen LogP contribution is 2.41. The smallest absolute Gasteiger partial charge is 0.325 e. The number of carbonyl (C=O) groups is 2. The molecule has 0 aliphatic carbocycles. The van der Waals surface area contributed by atoms with E-state index in [-0.39, 0.29) is 29.4 Å². The Kier molecular flexibility index (Phi) is 9.72. The first-order valence-corrected chi connectivity index (χ1v) is 12.7. The number of carbonyl (C=O) groups excluding carboxylic acids is 2. The van der Waals surface area contributed by atoms with Crippen molar-refractivity contribution in [3.8, 4) is 5.75 Å². The molecular formula is C30H43NO5. The van der Waals surface area contributed by atoms with Gasteiger partial charge in [0, 0.05) is 11.0 Å². The number of aryl methyl sites for hydroxylation is 2. The molecule has 2 rings (SSSR count). The lowest BCUT2D eigenvalue weighted by atomic mass is 9.70. The first kappa shape index (κ1) is 29.4. The number of hydrogen-bond acceptors (Lipinski definition) is 5. The SMILES string of the molecule is CCC(CC)(c1ccc(OC(C)C(O)C(C)(C)C)c(C)c1)c1ccc(C(=O)NCC(=O)OC)c(C)c1. The van der Waals surface area contributed by atoms with Crippen LogP contribution < -0.4 is 10.1 Å². The first-order valence-electron chi connectivity index (χ1n) is 12.7. The molecule has 0 bridgehead atoms. The van der Waals surface area contributed by atoms with E-state index >= 15 is 0 Å². The molecule has 0 radical (unpaired) electrons. The molecule has 0 fully saturated rings. The number of esters is 1. The zero-order valence-electron chi connectivity index (χ0n) is 23.3. The summed E-state index contributed by atoms with van der Waals surface area (Å²) in [6, 6.07) is 12.2. The van der Waals surface area contributed by atoms with E-state index in [1.54, 1.807) is 0 Å². The number of hydrogen-bond donors (Lipinski definition) is 2. The second kappa shape index (κ2) is 11.9. The van der Waals surface area contributed by atoms with Crippen molar-refractivity contribution in [3.05, 3.63) is 64.2 Å². The van der Waals surface area contributed by atoms with Crippen molar-refractivity contribution < 1.29 is 24.2 Å². The van der Waals surface area contributed by atoms with Crippen LogP contribution in [0.3, 0.4) is 0 Å². The number of aliphatic hydroxyl groups excluding tert-OH is 1. The molecule has 2 aromatic rings. The molecule has 0 spiro atoms. The Bertz CT molecular complexity index is 1070. The first-order chi connectivity index (χ1) is 16.8. The molecule has 6 nitrogen and oxygen atoms in total. The third kappa shape index (κ3) is 6.47. The number of rotatable bonds is 10. The van der Waals surface area contributed by atoms with E-state index in [0.717, 1.165) is 35.3 Å². The van der Waals surface area contributed by atoms with Crippen LogP contribution in [-0.2, 0) is 14.9 Å². The Morgan fingerprint density at radius 3 is 2.00 bits per heavy atom. The van der Waals surface area contributed by atoms with Crippen LogP contribution in [0.15, 0.2) is 36.4 Å². The normalized spacial score (nSPS) is 13.6. The topological polar surface area (TPSA) is 84.9 Å². The molecule has 6 heteroatoms. The van der Waals surface area contributed by atoms with Gasteiger partial charge in [-0.15, -0.1) is 0 Å². The minimum absolute atomic E-state index is 0.163. The molecule has 2 atom stereocenters. The Morgan fingerprint density at radius 1 is 0.972 bits per heavy atom. The van der Waals surface area contributed by atoms with E-state index < -0.39 is 12.1 Å². The van der Waals surface area contributed by atoms with Gasteiger partial charge in [0.05, 0.1) is 13.2 Å². The van der Waals surface area contributed by atoms with Crippen LogP contribution in [0, 0.1) is 19.3 Å². The molecule has 36 heavy (non-hydrogen) atoms. The molecule has 1 amide bonds. The molecule has 0 aliphatic heterocycles. The quantitative estimate of drug-likeness (QED) is 0.424. The summed E-state index contributed by atoms with van der Waals surface area (Å²) >= 11 is 0. The lowest BCUT2D eigenvalue weighted by molar-refractivity contribution is -0.139. The maximum Gasteiger partial charge on any atom is 0.325 e. The predicted octanol–water partition coefficient (Wildman–Crippen LogP) is 5.49. The van der Waals surface area contributed by atoms with Crippen LogP contribution in [0.2, 0.25) is 0 Å². The Balaban J connectivity index is 2.37. The second-order valence-corrected chi connectivity index (χ2v) is 10.7. The Labute approximate surface area is 216 Å². The standard InChI is InChI=1S/C30H43NO5/c1-10-30(11-2,22-12-14-24(19(3)16-22)28(34)31-18-26(32)35-9)23-13-15-25(20(4)17-23)36-21(5)27(33)29(6,7)8/h12-17,21,27,33H,10-11,18H2,1-9H3,(H,31,34). The minimum Gasteiger partial charge on any atom is -0.488 e.